The number of aromatic nitrogens is 3. The maximum Gasteiger partial charge on any atom is 0.338 e. The third kappa shape index (κ3) is 2.00. The minimum absolute atomic E-state index is 0.154. The van der Waals surface area contributed by atoms with Crippen LogP contribution in [0.15, 0.2) is 46.9 Å². The maximum atomic E-state index is 11.1. The van der Waals surface area contributed by atoms with Crippen molar-refractivity contribution < 1.29 is 9.90 Å². The molecule has 0 radical (unpaired) electrons. The number of benzene rings is 2. The topological polar surface area (TPSA) is 68.0 Å². The van der Waals surface area contributed by atoms with Gasteiger partial charge in [-0.3, -0.25) is 0 Å². The monoisotopic (exact) mass is 317 g/mol. The number of hydrogen-bond donors (Lipinski definition) is 1. The van der Waals surface area contributed by atoms with E-state index in [0.717, 1.165) is 10.2 Å². The summed E-state index contributed by atoms with van der Waals surface area (Å²) in [7, 11) is 0. The van der Waals surface area contributed by atoms with Crippen LogP contribution in [0.3, 0.4) is 0 Å². The maximum absolute atomic E-state index is 11.1. The summed E-state index contributed by atoms with van der Waals surface area (Å²) < 4.78 is 2.58. The van der Waals surface area contributed by atoms with Crippen molar-refractivity contribution in [2.45, 2.75) is 0 Å². The zero-order chi connectivity index (χ0) is 13.4. The Balaban J connectivity index is 2.24. The smallest absolute Gasteiger partial charge is 0.338 e. The molecule has 0 amide bonds. The van der Waals surface area contributed by atoms with Gasteiger partial charge in [0, 0.05) is 4.47 Å². The summed E-state index contributed by atoms with van der Waals surface area (Å²) in [5.41, 5.74) is 2.04. The summed E-state index contributed by atoms with van der Waals surface area (Å²) in [6, 6.07) is 12.5. The van der Waals surface area contributed by atoms with Crippen LogP contribution in [0.2, 0.25) is 0 Å². The largest absolute Gasteiger partial charge is 0.478 e. The molecule has 6 heteroatoms. The van der Waals surface area contributed by atoms with Crippen molar-refractivity contribution in [1.29, 1.82) is 0 Å². The predicted molar refractivity (Wildman–Crippen MR) is 73.5 cm³/mol. The Labute approximate surface area is 116 Å². The first kappa shape index (κ1) is 11.9. The van der Waals surface area contributed by atoms with E-state index in [1.165, 1.54) is 6.07 Å². The molecule has 2 aromatic carbocycles. The predicted octanol–water partition coefficient (Wildman–Crippen LogP) is 2.88. The van der Waals surface area contributed by atoms with Crippen molar-refractivity contribution in [2.75, 3.05) is 0 Å². The fraction of sp³-hybridized carbons (Fsp3) is 0. The molecule has 1 aromatic heterocycles. The van der Waals surface area contributed by atoms with Gasteiger partial charge in [-0.05, 0) is 36.4 Å². The van der Waals surface area contributed by atoms with Crippen LogP contribution in [0.4, 0.5) is 0 Å². The molecule has 0 saturated heterocycles. The van der Waals surface area contributed by atoms with Crippen molar-refractivity contribution in [3.63, 3.8) is 0 Å². The molecule has 3 rings (SSSR count). The van der Waals surface area contributed by atoms with E-state index in [0.29, 0.717) is 11.0 Å². The molecule has 0 atom stereocenters. The van der Waals surface area contributed by atoms with Crippen molar-refractivity contribution in [3.8, 4) is 5.69 Å². The number of carboxylic acid groups (broad SMARTS) is 1. The number of hydrogen-bond acceptors (Lipinski definition) is 3. The second-order valence-electron chi connectivity index (χ2n) is 3.96. The van der Waals surface area contributed by atoms with Gasteiger partial charge >= 0.3 is 5.97 Å². The third-order valence-electron chi connectivity index (χ3n) is 2.78. The number of fused-ring (bicyclic) bond motifs is 1. The molecule has 1 N–H and O–H groups in total. The van der Waals surface area contributed by atoms with Crippen molar-refractivity contribution in [2.24, 2.45) is 0 Å². The van der Waals surface area contributed by atoms with Gasteiger partial charge in [0.2, 0.25) is 0 Å². The van der Waals surface area contributed by atoms with Gasteiger partial charge in [-0.2, -0.15) is 0 Å². The van der Waals surface area contributed by atoms with Gasteiger partial charge in [-0.25, -0.2) is 9.48 Å². The summed E-state index contributed by atoms with van der Waals surface area (Å²) in [6.07, 6.45) is 0. The van der Waals surface area contributed by atoms with E-state index in [2.05, 4.69) is 26.2 Å². The number of rotatable bonds is 2. The molecule has 0 saturated carbocycles. The quantitative estimate of drug-likeness (QED) is 0.789. The van der Waals surface area contributed by atoms with Crippen LogP contribution >= 0.6 is 15.9 Å². The van der Waals surface area contributed by atoms with Gasteiger partial charge in [-0.15, -0.1) is 5.10 Å². The molecule has 5 nitrogen and oxygen atoms in total. The zero-order valence-corrected chi connectivity index (χ0v) is 11.2. The highest BCUT2D eigenvalue weighted by molar-refractivity contribution is 9.10. The molecule has 19 heavy (non-hydrogen) atoms. The van der Waals surface area contributed by atoms with E-state index in [-0.39, 0.29) is 5.56 Å². The summed E-state index contributed by atoms with van der Waals surface area (Å²) in [5.74, 6) is -1.01. The van der Waals surface area contributed by atoms with Gasteiger partial charge in [-0.1, -0.05) is 27.2 Å². The van der Waals surface area contributed by atoms with E-state index in [1.54, 1.807) is 16.8 Å². The molecule has 1 heterocycles. The Morgan fingerprint density at radius 1 is 1.16 bits per heavy atom. The minimum atomic E-state index is -1.01. The molecule has 0 aliphatic rings. The van der Waals surface area contributed by atoms with E-state index in [9.17, 15) is 4.79 Å². The summed E-state index contributed by atoms with van der Waals surface area (Å²) in [4.78, 5) is 11.1. The van der Waals surface area contributed by atoms with Crippen molar-refractivity contribution in [1.82, 2.24) is 15.0 Å². The first-order valence-electron chi connectivity index (χ1n) is 5.50. The van der Waals surface area contributed by atoms with Crippen molar-refractivity contribution in [3.05, 3.63) is 52.5 Å². The molecule has 0 unspecified atom stereocenters. The lowest BCUT2D eigenvalue weighted by molar-refractivity contribution is 0.0699. The minimum Gasteiger partial charge on any atom is -0.478 e. The highest BCUT2D eigenvalue weighted by Gasteiger charge is 2.14. The summed E-state index contributed by atoms with van der Waals surface area (Å²) >= 11 is 3.37. The lowest BCUT2D eigenvalue weighted by atomic mass is 10.2. The van der Waals surface area contributed by atoms with E-state index < -0.39 is 5.97 Å². The summed E-state index contributed by atoms with van der Waals surface area (Å²) in [6.45, 7) is 0. The number of halogens is 1. The average molecular weight is 318 g/mol. The lowest BCUT2D eigenvalue weighted by Gasteiger charge is -2.02. The third-order valence-corrected chi connectivity index (χ3v) is 3.31. The molecular formula is C13H8BrN3O2. The summed E-state index contributed by atoms with van der Waals surface area (Å²) in [5, 5.41) is 17.1. The van der Waals surface area contributed by atoms with Gasteiger partial charge in [0.25, 0.3) is 0 Å². The molecule has 0 aliphatic carbocycles. The molecule has 0 bridgehead atoms. The van der Waals surface area contributed by atoms with Crippen LogP contribution in [-0.4, -0.2) is 26.1 Å². The van der Waals surface area contributed by atoms with Crippen LogP contribution < -0.4 is 0 Å². The number of carboxylic acids is 1. The Bertz CT molecular complexity index is 765. The second-order valence-corrected chi connectivity index (χ2v) is 4.87. The van der Waals surface area contributed by atoms with Crippen LogP contribution in [0.1, 0.15) is 10.4 Å². The standard InChI is InChI=1S/C13H8BrN3O2/c14-8-4-6-9(7-5-8)17-11-3-1-2-10(13(18)19)12(11)15-16-17/h1-7H,(H,18,19). The van der Waals surface area contributed by atoms with Crippen LogP contribution in [-0.2, 0) is 0 Å². The molecule has 3 aromatic rings. The first-order chi connectivity index (χ1) is 9.16. The Morgan fingerprint density at radius 2 is 1.89 bits per heavy atom. The van der Waals surface area contributed by atoms with E-state index in [4.69, 9.17) is 5.11 Å². The van der Waals surface area contributed by atoms with Gasteiger partial charge in [0.05, 0.1) is 16.8 Å². The highest BCUT2D eigenvalue weighted by atomic mass is 79.9. The molecule has 0 fully saturated rings. The normalized spacial score (nSPS) is 10.8. The molecule has 0 aliphatic heterocycles. The van der Waals surface area contributed by atoms with E-state index >= 15 is 0 Å². The van der Waals surface area contributed by atoms with Crippen LogP contribution in [0.5, 0.6) is 0 Å². The van der Waals surface area contributed by atoms with Crippen LogP contribution in [0, 0.1) is 0 Å². The lowest BCUT2D eigenvalue weighted by Crippen LogP contribution is -1.98. The van der Waals surface area contributed by atoms with Gasteiger partial charge < -0.3 is 5.11 Å². The van der Waals surface area contributed by atoms with E-state index in [1.807, 2.05) is 24.3 Å². The number of aromatic carboxylic acids is 1. The second kappa shape index (κ2) is 4.47. The highest BCUT2D eigenvalue weighted by Crippen LogP contribution is 2.20. The Hall–Kier alpha value is -2.21. The molecular weight excluding hydrogens is 310 g/mol. The van der Waals surface area contributed by atoms with Crippen molar-refractivity contribution >= 4 is 32.9 Å². The zero-order valence-electron chi connectivity index (χ0n) is 9.62. The Kier molecular flexibility index (Phi) is 2.79. The molecule has 0 spiro atoms. The first-order valence-corrected chi connectivity index (χ1v) is 6.30. The molecule has 94 valence electrons. The fourth-order valence-electron chi connectivity index (χ4n) is 1.89. The Morgan fingerprint density at radius 3 is 2.58 bits per heavy atom. The number of nitrogens with zero attached hydrogens (tertiary/aromatic N) is 3. The van der Waals surface area contributed by atoms with Crippen LogP contribution in [0.25, 0.3) is 16.7 Å². The fourth-order valence-corrected chi connectivity index (χ4v) is 2.15. The SMILES string of the molecule is O=C(O)c1cccc2c1nnn2-c1ccc(Br)cc1. The van der Waals surface area contributed by atoms with Gasteiger partial charge in [0.15, 0.2) is 0 Å². The number of carbonyl (C=O) groups is 1. The van der Waals surface area contributed by atoms with Gasteiger partial charge in [0.1, 0.15) is 5.52 Å². The average Bonchev–Trinajstić information content (AvgIpc) is 2.83.